The molecule has 0 bridgehead atoms. The Kier molecular flexibility index (Phi) is 9.26. The number of amides is 1. The largest absolute Gasteiger partial charge is 0.472 e. The molecule has 0 radical (unpaired) electrons. The van der Waals surface area contributed by atoms with Gasteiger partial charge in [0.2, 0.25) is 5.91 Å². The van der Waals surface area contributed by atoms with Crippen LogP contribution in [-0.2, 0) is 23.2 Å². The number of phosphoric ester groups is 1. The smallest absolute Gasteiger partial charge is 0.399 e. The average molecular weight is 382 g/mol. The molecule has 0 fully saturated rings. The Labute approximate surface area is 149 Å². The highest BCUT2D eigenvalue weighted by molar-refractivity contribution is 7.47. The summed E-state index contributed by atoms with van der Waals surface area (Å²) in [6, 6.07) is 0. The molecule has 3 N–H and O–H groups in total. The van der Waals surface area contributed by atoms with E-state index in [1.54, 1.807) is 41.5 Å². The van der Waals surface area contributed by atoms with Gasteiger partial charge in [0.15, 0.2) is 0 Å². The summed E-state index contributed by atoms with van der Waals surface area (Å²) in [7, 11) is -2.87. The van der Waals surface area contributed by atoms with Crippen LogP contribution in [0.5, 0.6) is 0 Å². The first-order valence-electron chi connectivity index (χ1n) is 7.91. The van der Waals surface area contributed by atoms with Crippen molar-refractivity contribution in [2.24, 2.45) is 10.6 Å². The number of hydrogen-bond donors (Lipinski definition) is 3. The van der Waals surface area contributed by atoms with Gasteiger partial charge in [0, 0.05) is 18.4 Å². The molecule has 0 aliphatic rings. The maximum atomic E-state index is 12.0. The molecule has 0 heterocycles. The van der Waals surface area contributed by atoms with Crippen LogP contribution in [0.1, 0.15) is 48.0 Å². The van der Waals surface area contributed by atoms with Gasteiger partial charge in [-0.25, -0.2) is 4.57 Å². The number of hydrogen-bond acceptors (Lipinski definition) is 7. The number of nitrogens with zero attached hydrogens (tertiary/aromatic N) is 1. The minimum atomic E-state index is -4.29. The lowest BCUT2D eigenvalue weighted by Gasteiger charge is -2.31. The molecule has 25 heavy (non-hydrogen) atoms. The third kappa shape index (κ3) is 10.6. The van der Waals surface area contributed by atoms with Gasteiger partial charge in [0.1, 0.15) is 13.2 Å². The van der Waals surface area contributed by atoms with Crippen LogP contribution in [0.4, 0.5) is 0 Å². The van der Waals surface area contributed by atoms with Crippen molar-refractivity contribution in [3.05, 3.63) is 0 Å². The van der Waals surface area contributed by atoms with Crippen LogP contribution in [0.25, 0.3) is 0 Å². The van der Waals surface area contributed by atoms with Crippen molar-refractivity contribution in [1.29, 1.82) is 0 Å². The molecule has 0 rings (SSSR count). The zero-order chi connectivity index (χ0) is 19.9. The normalized spacial score (nSPS) is 16.9. The summed E-state index contributed by atoms with van der Waals surface area (Å²) in [5.74, 6) is -0.608. The van der Waals surface area contributed by atoms with Crippen molar-refractivity contribution in [3.63, 3.8) is 0 Å². The highest BCUT2D eigenvalue weighted by Crippen LogP contribution is 2.48. The van der Waals surface area contributed by atoms with Crippen molar-refractivity contribution in [3.8, 4) is 0 Å². The minimum Gasteiger partial charge on any atom is -0.399 e. The predicted octanol–water partition coefficient (Wildman–Crippen LogP) is 1.83. The van der Waals surface area contributed by atoms with Crippen LogP contribution in [0.2, 0.25) is 0 Å². The third-order valence-electron chi connectivity index (χ3n) is 3.01. The first-order valence-corrected chi connectivity index (χ1v) is 9.40. The van der Waals surface area contributed by atoms with Crippen LogP contribution in [0.3, 0.4) is 0 Å². The Hall–Kier alpha value is -0.990. The standard InChI is InChI=1S/C15H31N2O7P/c1-11(17-22-7)8-9-16-13(19)12(18)15(5,6)10-23-25(20,21)24-14(2,3)4/h12,18H,8-10H2,1-7H3,(H,16,19)(H,20,21)/b17-11+/t12-/m0/s1. The molecule has 0 aliphatic carbocycles. The summed E-state index contributed by atoms with van der Waals surface area (Å²) in [4.78, 5) is 26.3. The summed E-state index contributed by atoms with van der Waals surface area (Å²) in [6.07, 6.45) is -0.962. The molecule has 10 heteroatoms. The second-order valence-corrected chi connectivity index (χ2v) is 8.76. The van der Waals surface area contributed by atoms with E-state index in [0.717, 1.165) is 0 Å². The molecular formula is C15H31N2O7P. The lowest BCUT2D eigenvalue weighted by molar-refractivity contribution is -0.137. The van der Waals surface area contributed by atoms with Crippen LogP contribution in [0.15, 0.2) is 5.16 Å². The van der Waals surface area contributed by atoms with E-state index in [1.165, 1.54) is 7.11 Å². The third-order valence-corrected chi connectivity index (χ3v) is 4.24. The van der Waals surface area contributed by atoms with Crippen LogP contribution in [0, 0.1) is 5.41 Å². The fourth-order valence-electron chi connectivity index (χ4n) is 1.72. The molecule has 0 saturated carbocycles. The van der Waals surface area contributed by atoms with Gasteiger partial charge in [0.25, 0.3) is 0 Å². The summed E-state index contributed by atoms with van der Waals surface area (Å²) in [6.45, 7) is 9.62. The Morgan fingerprint density at radius 2 is 1.84 bits per heavy atom. The number of carbonyl (C=O) groups is 1. The topological polar surface area (TPSA) is 127 Å². The summed E-state index contributed by atoms with van der Waals surface area (Å²) in [5, 5.41) is 16.5. The van der Waals surface area contributed by atoms with Crippen molar-refractivity contribution in [2.75, 3.05) is 20.3 Å². The highest BCUT2D eigenvalue weighted by Gasteiger charge is 2.37. The molecular weight excluding hydrogens is 351 g/mol. The molecule has 148 valence electrons. The van der Waals surface area contributed by atoms with E-state index in [4.69, 9.17) is 9.05 Å². The summed E-state index contributed by atoms with van der Waals surface area (Å²) in [5.41, 5.74) is -1.27. The summed E-state index contributed by atoms with van der Waals surface area (Å²) >= 11 is 0. The van der Waals surface area contributed by atoms with E-state index >= 15 is 0 Å². The van der Waals surface area contributed by atoms with Gasteiger partial charge in [-0.3, -0.25) is 13.8 Å². The molecule has 0 aromatic heterocycles. The monoisotopic (exact) mass is 382 g/mol. The molecule has 0 spiro atoms. The lowest BCUT2D eigenvalue weighted by Crippen LogP contribution is -2.46. The minimum absolute atomic E-state index is 0.275. The van der Waals surface area contributed by atoms with Gasteiger partial charge in [-0.2, -0.15) is 0 Å². The number of oxime groups is 1. The van der Waals surface area contributed by atoms with Crippen molar-refractivity contribution >= 4 is 19.4 Å². The number of nitrogens with one attached hydrogen (secondary N) is 1. The zero-order valence-corrected chi connectivity index (χ0v) is 16.9. The fraction of sp³-hybridized carbons (Fsp3) is 0.867. The van der Waals surface area contributed by atoms with Gasteiger partial charge in [-0.05, 0) is 27.7 Å². The molecule has 0 aromatic rings. The van der Waals surface area contributed by atoms with Crippen LogP contribution < -0.4 is 5.32 Å². The maximum absolute atomic E-state index is 12.0. The number of rotatable bonds is 10. The Bertz CT molecular complexity index is 514. The second kappa shape index (κ2) is 9.64. The maximum Gasteiger partial charge on any atom is 0.472 e. The average Bonchev–Trinajstić information content (AvgIpc) is 2.42. The van der Waals surface area contributed by atoms with Crippen molar-refractivity contribution in [2.45, 2.75) is 59.7 Å². The van der Waals surface area contributed by atoms with E-state index < -0.39 is 30.8 Å². The van der Waals surface area contributed by atoms with Gasteiger partial charge in [-0.1, -0.05) is 19.0 Å². The molecule has 0 aromatic carbocycles. The van der Waals surface area contributed by atoms with Gasteiger partial charge < -0.3 is 20.2 Å². The van der Waals surface area contributed by atoms with E-state index in [1.807, 2.05) is 0 Å². The zero-order valence-electron chi connectivity index (χ0n) is 16.0. The van der Waals surface area contributed by atoms with E-state index in [9.17, 15) is 19.4 Å². The van der Waals surface area contributed by atoms with E-state index in [0.29, 0.717) is 12.1 Å². The second-order valence-electron chi connectivity index (χ2n) is 7.39. The first-order chi connectivity index (χ1) is 11.2. The van der Waals surface area contributed by atoms with Gasteiger partial charge >= 0.3 is 7.82 Å². The quantitative estimate of drug-likeness (QED) is 0.299. The number of aliphatic hydroxyl groups is 1. The molecule has 2 atom stereocenters. The molecule has 0 aliphatic heterocycles. The van der Waals surface area contributed by atoms with Crippen molar-refractivity contribution in [1.82, 2.24) is 5.32 Å². The SMILES string of the molecule is CO/N=C(\C)CCNC(=O)[C@H](O)C(C)(C)COP(=O)(O)OC(C)(C)C. The van der Waals surface area contributed by atoms with Crippen LogP contribution in [-0.4, -0.2) is 53.6 Å². The Balaban J connectivity index is 4.57. The van der Waals surface area contributed by atoms with Crippen LogP contribution >= 0.6 is 7.82 Å². The first kappa shape index (κ1) is 24.0. The fourth-order valence-corrected chi connectivity index (χ4v) is 2.96. The Morgan fingerprint density at radius 1 is 1.28 bits per heavy atom. The number of aliphatic hydroxyl groups excluding tert-OH is 1. The lowest BCUT2D eigenvalue weighted by atomic mass is 9.87. The molecule has 0 saturated heterocycles. The van der Waals surface area contributed by atoms with E-state index in [2.05, 4.69) is 15.3 Å². The summed E-state index contributed by atoms with van der Waals surface area (Å²) < 4.78 is 21.8. The Morgan fingerprint density at radius 3 is 2.32 bits per heavy atom. The van der Waals surface area contributed by atoms with Gasteiger partial charge in [-0.15, -0.1) is 0 Å². The molecule has 1 unspecified atom stereocenters. The molecule has 1 amide bonds. The highest BCUT2D eigenvalue weighted by atomic mass is 31.2. The van der Waals surface area contributed by atoms with Gasteiger partial charge in [0.05, 0.1) is 17.9 Å². The molecule has 9 nitrogen and oxygen atoms in total. The number of phosphoric acid groups is 1. The predicted molar refractivity (Wildman–Crippen MR) is 94.1 cm³/mol. The number of carbonyl (C=O) groups excluding carboxylic acids is 1. The van der Waals surface area contributed by atoms with Crippen molar-refractivity contribution < 1.29 is 33.2 Å². The van der Waals surface area contributed by atoms with E-state index in [-0.39, 0.29) is 13.2 Å².